The van der Waals surface area contributed by atoms with Crippen molar-refractivity contribution in [3.8, 4) is 0 Å². The number of rotatable bonds is 14. The van der Waals surface area contributed by atoms with E-state index in [4.69, 9.17) is 24.7 Å². The summed E-state index contributed by atoms with van der Waals surface area (Å²) in [5, 5.41) is 0. The van der Waals surface area contributed by atoms with Gasteiger partial charge >= 0.3 is 23.6 Å². The number of esters is 3. The van der Waals surface area contributed by atoms with Crippen molar-refractivity contribution in [3.05, 3.63) is 22.7 Å². The summed E-state index contributed by atoms with van der Waals surface area (Å²) in [7, 11) is 0. The predicted molar refractivity (Wildman–Crippen MR) is 126 cm³/mol. The Bertz CT molecular complexity index is 903. The first kappa shape index (κ1) is 28.3. The molecule has 0 bridgehead atoms. The molecule has 0 amide bonds. The van der Waals surface area contributed by atoms with Gasteiger partial charge in [0, 0.05) is 25.5 Å². The van der Waals surface area contributed by atoms with Crippen LogP contribution in [0.2, 0.25) is 0 Å². The highest BCUT2D eigenvalue weighted by Crippen LogP contribution is 2.34. The number of hydrogen-bond donors (Lipinski definition) is 1. The minimum atomic E-state index is -1.15. The summed E-state index contributed by atoms with van der Waals surface area (Å²) >= 11 is 0. The highest BCUT2D eigenvalue weighted by atomic mass is 16.7. The second kappa shape index (κ2) is 14.4. The number of ether oxygens (including phenoxy) is 4. The first-order valence-corrected chi connectivity index (χ1v) is 12.3. The molecule has 2 heterocycles. The van der Waals surface area contributed by atoms with E-state index in [1.165, 1.54) is 12.3 Å². The Morgan fingerprint density at radius 3 is 2.03 bits per heavy atom. The van der Waals surface area contributed by atoms with Gasteiger partial charge in [0.15, 0.2) is 18.4 Å². The Balaban J connectivity index is 2.34. The summed E-state index contributed by atoms with van der Waals surface area (Å²) in [6.45, 7) is 5.61. The maximum absolute atomic E-state index is 12.5. The number of nitrogens with zero attached hydrogens (tertiary/aromatic N) is 2. The summed E-state index contributed by atoms with van der Waals surface area (Å²) in [4.78, 5) is 53.4. The Kier molecular flexibility index (Phi) is 11.7. The van der Waals surface area contributed by atoms with Gasteiger partial charge in [0.05, 0.1) is 0 Å². The topological polar surface area (TPSA) is 149 Å². The van der Waals surface area contributed by atoms with Crippen LogP contribution in [0.3, 0.4) is 0 Å². The molecule has 1 fully saturated rings. The molecule has 4 atom stereocenters. The molecule has 1 aromatic rings. The van der Waals surface area contributed by atoms with Crippen LogP contribution in [0.1, 0.15) is 84.8 Å². The fourth-order valence-electron chi connectivity index (χ4n) is 3.59. The third kappa shape index (κ3) is 8.65. The third-order valence-corrected chi connectivity index (χ3v) is 5.56. The van der Waals surface area contributed by atoms with Gasteiger partial charge in [-0.1, -0.05) is 40.0 Å². The minimum Gasteiger partial charge on any atom is -0.463 e. The van der Waals surface area contributed by atoms with E-state index in [1.807, 2.05) is 20.8 Å². The first-order chi connectivity index (χ1) is 16.8. The summed E-state index contributed by atoms with van der Waals surface area (Å²) in [6.07, 6.45) is 1.91. The van der Waals surface area contributed by atoms with Crippen LogP contribution in [-0.4, -0.2) is 52.4 Å². The van der Waals surface area contributed by atoms with Crippen molar-refractivity contribution < 1.29 is 33.3 Å². The lowest BCUT2D eigenvalue weighted by atomic mass is 10.1. The Hall–Kier alpha value is -2.95. The predicted octanol–water partition coefficient (Wildman–Crippen LogP) is 2.66. The molecule has 2 unspecified atom stereocenters. The van der Waals surface area contributed by atoms with Crippen molar-refractivity contribution in [1.82, 2.24) is 9.55 Å². The van der Waals surface area contributed by atoms with Crippen LogP contribution in [0.5, 0.6) is 0 Å². The Labute approximate surface area is 205 Å². The molecule has 0 spiro atoms. The maximum Gasteiger partial charge on any atom is 0.351 e. The monoisotopic (exact) mass is 495 g/mol. The van der Waals surface area contributed by atoms with Crippen LogP contribution in [0.4, 0.5) is 5.82 Å². The van der Waals surface area contributed by atoms with Gasteiger partial charge < -0.3 is 24.7 Å². The average Bonchev–Trinajstić information content (AvgIpc) is 3.14. The third-order valence-electron chi connectivity index (χ3n) is 5.56. The number of hydrogen-bond acceptors (Lipinski definition) is 10. The number of nitrogen functional groups attached to an aromatic ring is 1. The average molecular weight is 496 g/mol. The van der Waals surface area contributed by atoms with E-state index in [9.17, 15) is 19.2 Å². The van der Waals surface area contributed by atoms with Crippen molar-refractivity contribution in [1.29, 1.82) is 0 Å². The molecule has 1 aliphatic rings. The maximum atomic E-state index is 12.5. The quantitative estimate of drug-likeness (QED) is 0.301. The molecule has 0 aliphatic carbocycles. The van der Waals surface area contributed by atoms with Gasteiger partial charge in [-0.15, -0.1) is 0 Å². The SMILES string of the molecule is CCCCC(=O)OC[C@H]1O[C@@H](n2ccc(N)nc2=O)C(OC(=O)CCCC)C1OC(=O)CCCC. The number of unbranched alkanes of at least 4 members (excludes halogenated alkanes) is 3. The number of anilines is 1. The van der Waals surface area contributed by atoms with E-state index in [-0.39, 0.29) is 31.7 Å². The van der Waals surface area contributed by atoms with E-state index in [0.29, 0.717) is 19.3 Å². The lowest BCUT2D eigenvalue weighted by molar-refractivity contribution is -0.169. The van der Waals surface area contributed by atoms with E-state index in [1.54, 1.807) is 0 Å². The van der Waals surface area contributed by atoms with Crippen LogP contribution < -0.4 is 11.4 Å². The minimum absolute atomic E-state index is 0.0182. The fraction of sp³-hybridized carbons (Fsp3) is 0.708. The van der Waals surface area contributed by atoms with Crippen molar-refractivity contribution in [2.75, 3.05) is 12.3 Å². The zero-order chi connectivity index (χ0) is 25.8. The van der Waals surface area contributed by atoms with E-state index in [2.05, 4.69) is 4.98 Å². The van der Waals surface area contributed by atoms with Crippen molar-refractivity contribution >= 4 is 23.7 Å². The van der Waals surface area contributed by atoms with E-state index in [0.717, 1.165) is 23.8 Å². The lowest BCUT2D eigenvalue weighted by Crippen LogP contribution is -2.42. The van der Waals surface area contributed by atoms with E-state index < -0.39 is 48.1 Å². The second-order valence-corrected chi connectivity index (χ2v) is 8.51. The van der Waals surface area contributed by atoms with Gasteiger partial charge in [-0.2, -0.15) is 4.98 Å². The molecule has 0 saturated carbocycles. The molecule has 11 nitrogen and oxygen atoms in total. The Morgan fingerprint density at radius 2 is 1.49 bits per heavy atom. The zero-order valence-corrected chi connectivity index (χ0v) is 20.8. The molecule has 1 aliphatic heterocycles. The summed E-state index contributed by atoms with van der Waals surface area (Å²) in [6, 6.07) is 1.40. The standard InChI is InChI=1S/C24H37N3O8/c1-4-7-10-18(28)32-15-16-21(34-19(29)11-8-5-2)22(35-20(30)12-9-6-3)23(33-16)27-14-13-17(25)26-24(27)31/h13-14,16,21-23H,4-12,15H2,1-3H3,(H2,25,26,31)/t16-,21?,22?,23-/m1/s1. The first-order valence-electron chi connectivity index (χ1n) is 12.3. The molecule has 0 aromatic carbocycles. The zero-order valence-electron chi connectivity index (χ0n) is 20.8. The summed E-state index contributed by atoms with van der Waals surface area (Å²) < 4.78 is 23.9. The smallest absolute Gasteiger partial charge is 0.351 e. The van der Waals surface area contributed by atoms with Crippen LogP contribution in [0, 0.1) is 0 Å². The number of carbonyl (C=O) groups is 3. The molecule has 1 saturated heterocycles. The number of aromatic nitrogens is 2. The van der Waals surface area contributed by atoms with Crippen LogP contribution in [0.25, 0.3) is 0 Å². The van der Waals surface area contributed by atoms with Gasteiger partial charge in [-0.05, 0) is 25.3 Å². The highest BCUT2D eigenvalue weighted by molar-refractivity contribution is 5.71. The fourth-order valence-corrected chi connectivity index (χ4v) is 3.59. The molecule has 1 aromatic heterocycles. The highest BCUT2D eigenvalue weighted by Gasteiger charge is 2.51. The summed E-state index contributed by atoms with van der Waals surface area (Å²) in [5.74, 6) is -1.42. The van der Waals surface area contributed by atoms with Crippen molar-refractivity contribution in [3.63, 3.8) is 0 Å². The van der Waals surface area contributed by atoms with Crippen molar-refractivity contribution in [2.45, 2.75) is 103 Å². The van der Waals surface area contributed by atoms with Gasteiger partial charge in [-0.3, -0.25) is 19.0 Å². The van der Waals surface area contributed by atoms with Gasteiger partial charge in [0.1, 0.15) is 18.5 Å². The molecule has 196 valence electrons. The van der Waals surface area contributed by atoms with Crippen LogP contribution >= 0.6 is 0 Å². The number of carbonyl (C=O) groups excluding carboxylic acids is 3. The van der Waals surface area contributed by atoms with E-state index >= 15 is 0 Å². The Morgan fingerprint density at radius 1 is 0.943 bits per heavy atom. The lowest BCUT2D eigenvalue weighted by Gasteiger charge is -2.25. The van der Waals surface area contributed by atoms with Gasteiger partial charge in [-0.25, -0.2) is 4.79 Å². The second-order valence-electron chi connectivity index (χ2n) is 8.51. The molecular weight excluding hydrogens is 458 g/mol. The largest absolute Gasteiger partial charge is 0.463 e. The van der Waals surface area contributed by atoms with Gasteiger partial charge in [0.25, 0.3) is 0 Å². The molecule has 0 radical (unpaired) electrons. The van der Waals surface area contributed by atoms with Gasteiger partial charge in [0.2, 0.25) is 0 Å². The van der Waals surface area contributed by atoms with Crippen LogP contribution in [0.15, 0.2) is 17.1 Å². The molecule has 11 heteroatoms. The molecule has 2 N–H and O–H groups in total. The van der Waals surface area contributed by atoms with Crippen molar-refractivity contribution in [2.24, 2.45) is 0 Å². The molecule has 35 heavy (non-hydrogen) atoms. The van der Waals surface area contributed by atoms with Crippen LogP contribution in [-0.2, 0) is 33.3 Å². The molecular formula is C24H37N3O8. The number of nitrogens with two attached hydrogens (primary N) is 1. The molecule has 2 rings (SSSR count). The normalized spacial score (nSPS) is 21.5. The summed E-state index contributed by atoms with van der Waals surface area (Å²) in [5.41, 5.74) is 4.89.